The van der Waals surface area contributed by atoms with Crippen LogP contribution in [-0.2, 0) is 11.3 Å². The number of aliphatic hydroxyl groups excluding tert-OH is 1. The molecule has 0 radical (unpaired) electrons. The minimum atomic E-state index is -0.409. The summed E-state index contributed by atoms with van der Waals surface area (Å²) in [7, 11) is 0. The molecule has 0 saturated heterocycles. The Morgan fingerprint density at radius 3 is 2.09 bits per heavy atom. The van der Waals surface area contributed by atoms with Gasteiger partial charge in [-0.2, -0.15) is 0 Å². The van der Waals surface area contributed by atoms with Gasteiger partial charge >= 0.3 is 5.97 Å². The number of benzene rings is 2. The maximum Gasteiger partial charge on any atom is 0.338 e. The predicted octanol–water partition coefficient (Wildman–Crippen LogP) is 4.00. The van der Waals surface area contributed by atoms with Gasteiger partial charge in [-0.15, -0.1) is 0 Å². The first-order valence-electron chi connectivity index (χ1n) is 7.11. The van der Waals surface area contributed by atoms with Crippen molar-refractivity contribution in [1.82, 2.24) is 0 Å². The summed E-state index contributed by atoms with van der Waals surface area (Å²) in [5.41, 5.74) is 3.77. The standard InChI is InChI=1S/C9H10O3.C9H12O.CH4/c1-2-12-9(11)7-4-3-5-8(10)6-7;1-7-4-3-5-8(2)9(7)6-10;/h3-6,10H,2H2,1H3;3-5,10H,6H2,1-2H3;1H4. The van der Waals surface area contributed by atoms with Crippen LogP contribution in [0.5, 0.6) is 5.75 Å². The largest absolute Gasteiger partial charge is 0.508 e. The lowest BCUT2D eigenvalue weighted by molar-refractivity contribution is 0.0526. The van der Waals surface area contributed by atoms with Gasteiger partial charge in [-0.25, -0.2) is 4.79 Å². The third-order valence-corrected chi connectivity index (χ3v) is 3.16. The zero-order valence-corrected chi connectivity index (χ0v) is 13.2. The average Bonchev–Trinajstić information content (AvgIpc) is 2.48. The molecular formula is C19H26O4. The molecule has 23 heavy (non-hydrogen) atoms. The first-order valence-corrected chi connectivity index (χ1v) is 7.11. The molecule has 0 bridgehead atoms. The van der Waals surface area contributed by atoms with Crippen LogP contribution < -0.4 is 0 Å². The molecule has 4 heteroatoms. The Morgan fingerprint density at radius 2 is 1.65 bits per heavy atom. The summed E-state index contributed by atoms with van der Waals surface area (Å²) in [5, 5.41) is 17.9. The summed E-state index contributed by atoms with van der Waals surface area (Å²) in [5.74, 6) is -0.339. The molecule has 0 saturated carbocycles. The van der Waals surface area contributed by atoms with Crippen LogP contribution in [0.2, 0.25) is 0 Å². The minimum absolute atomic E-state index is 0. The maximum atomic E-state index is 11.1. The maximum absolute atomic E-state index is 11.1. The molecule has 0 aliphatic heterocycles. The number of carbonyl (C=O) groups excluding carboxylic acids is 1. The van der Waals surface area contributed by atoms with Gasteiger partial charge in [-0.1, -0.05) is 31.7 Å². The van der Waals surface area contributed by atoms with E-state index in [0.29, 0.717) is 12.2 Å². The van der Waals surface area contributed by atoms with Crippen molar-refractivity contribution in [3.63, 3.8) is 0 Å². The van der Waals surface area contributed by atoms with Crippen molar-refractivity contribution < 1.29 is 19.7 Å². The van der Waals surface area contributed by atoms with E-state index in [2.05, 4.69) is 0 Å². The van der Waals surface area contributed by atoms with Gasteiger partial charge in [0.05, 0.1) is 18.8 Å². The van der Waals surface area contributed by atoms with E-state index >= 15 is 0 Å². The molecule has 0 amide bonds. The molecule has 0 aliphatic rings. The molecule has 0 heterocycles. The lowest BCUT2D eigenvalue weighted by Gasteiger charge is -2.04. The summed E-state index contributed by atoms with van der Waals surface area (Å²) < 4.78 is 4.73. The zero-order chi connectivity index (χ0) is 16.5. The van der Waals surface area contributed by atoms with Gasteiger partial charge in [0, 0.05) is 0 Å². The molecule has 0 unspecified atom stereocenters. The second kappa shape index (κ2) is 10.4. The van der Waals surface area contributed by atoms with Crippen LogP contribution in [0, 0.1) is 13.8 Å². The summed E-state index contributed by atoms with van der Waals surface area (Å²) in [6.45, 7) is 6.25. The van der Waals surface area contributed by atoms with Gasteiger partial charge in [-0.05, 0) is 55.7 Å². The van der Waals surface area contributed by atoms with Gasteiger partial charge in [0.2, 0.25) is 0 Å². The highest BCUT2D eigenvalue weighted by atomic mass is 16.5. The number of ether oxygens (including phenoxy) is 1. The Labute approximate surface area is 138 Å². The first-order chi connectivity index (χ1) is 10.5. The van der Waals surface area contributed by atoms with Crippen molar-refractivity contribution in [2.45, 2.75) is 34.8 Å². The molecular weight excluding hydrogens is 292 g/mol. The quantitative estimate of drug-likeness (QED) is 0.839. The lowest BCUT2D eigenvalue weighted by Crippen LogP contribution is -2.03. The molecule has 0 aliphatic carbocycles. The number of rotatable bonds is 3. The summed E-state index contributed by atoms with van der Waals surface area (Å²) >= 11 is 0. The number of phenolic OH excluding ortho intramolecular Hbond substituents is 1. The smallest absolute Gasteiger partial charge is 0.338 e. The van der Waals surface area contributed by atoms with E-state index < -0.39 is 5.97 Å². The summed E-state index contributed by atoms with van der Waals surface area (Å²) in [6.07, 6.45) is 0. The fourth-order valence-electron chi connectivity index (χ4n) is 1.95. The topological polar surface area (TPSA) is 66.8 Å². The fourth-order valence-corrected chi connectivity index (χ4v) is 1.95. The highest BCUT2D eigenvalue weighted by Gasteiger charge is 2.05. The Hall–Kier alpha value is -2.33. The van der Waals surface area contributed by atoms with Gasteiger partial charge < -0.3 is 14.9 Å². The highest BCUT2D eigenvalue weighted by molar-refractivity contribution is 5.89. The second-order valence-electron chi connectivity index (χ2n) is 4.80. The van der Waals surface area contributed by atoms with E-state index in [0.717, 1.165) is 5.56 Å². The Balaban J connectivity index is 0.000000409. The van der Waals surface area contributed by atoms with Gasteiger partial charge in [0.15, 0.2) is 0 Å². The van der Waals surface area contributed by atoms with Crippen molar-refractivity contribution in [1.29, 1.82) is 0 Å². The van der Waals surface area contributed by atoms with Gasteiger partial charge in [0.25, 0.3) is 0 Å². The number of aromatic hydroxyl groups is 1. The molecule has 2 rings (SSSR count). The first kappa shape index (κ1) is 20.7. The van der Waals surface area contributed by atoms with Gasteiger partial charge in [-0.3, -0.25) is 0 Å². The monoisotopic (exact) mass is 318 g/mol. The normalized spacial score (nSPS) is 9.22. The van der Waals surface area contributed by atoms with Crippen LogP contribution in [0.1, 0.15) is 41.4 Å². The molecule has 0 aromatic heterocycles. The van der Waals surface area contributed by atoms with Crippen LogP contribution in [0.3, 0.4) is 0 Å². The molecule has 0 atom stereocenters. The van der Waals surface area contributed by atoms with Crippen LogP contribution in [-0.4, -0.2) is 22.8 Å². The Kier molecular flexibility index (Phi) is 9.35. The van der Waals surface area contributed by atoms with Crippen LogP contribution in [0.25, 0.3) is 0 Å². The molecule has 2 N–H and O–H groups in total. The van der Waals surface area contributed by atoms with Crippen molar-refractivity contribution in [2.75, 3.05) is 6.61 Å². The zero-order valence-electron chi connectivity index (χ0n) is 13.2. The molecule has 0 spiro atoms. The number of aryl methyl sites for hydroxylation is 2. The van der Waals surface area contributed by atoms with Crippen molar-refractivity contribution in [3.8, 4) is 5.75 Å². The molecule has 2 aromatic rings. The van der Waals surface area contributed by atoms with Crippen LogP contribution in [0.15, 0.2) is 42.5 Å². The Bertz CT molecular complexity index is 600. The molecule has 2 aromatic carbocycles. The predicted molar refractivity (Wildman–Crippen MR) is 92.6 cm³/mol. The van der Waals surface area contributed by atoms with Gasteiger partial charge in [0.1, 0.15) is 5.75 Å². The van der Waals surface area contributed by atoms with E-state index in [1.54, 1.807) is 19.1 Å². The molecule has 0 fully saturated rings. The highest BCUT2D eigenvalue weighted by Crippen LogP contribution is 2.12. The third kappa shape index (κ3) is 6.53. The minimum Gasteiger partial charge on any atom is -0.508 e. The number of aliphatic hydroxyl groups is 1. The SMILES string of the molecule is C.CCOC(=O)c1cccc(O)c1.Cc1cccc(C)c1CO. The number of phenols is 1. The van der Waals surface area contributed by atoms with E-state index in [-0.39, 0.29) is 19.8 Å². The van der Waals surface area contributed by atoms with E-state index in [1.165, 1.54) is 23.3 Å². The number of esters is 1. The van der Waals surface area contributed by atoms with E-state index in [1.807, 2.05) is 32.0 Å². The van der Waals surface area contributed by atoms with E-state index in [9.17, 15) is 4.79 Å². The lowest BCUT2D eigenvalue weighted by atomic mass is 10.0. The molecule has 126 valence electrons. The number of hydrogen-bond donors (Lipinski definition) is 2. The average molecular weight is 318 g/mol. The molecule has 4 nitrogen and oxygen atoms in total. The van der Waals surface area contributed by atoms with E-state index in [4.69, 9.17) is 14.9 Å². The Morgan fingerprint density at radius 1 is 1.09 bits per heavy atom. The van der Waals surface area contributed by atoms with Crippen LogP contribution in [0.4, 0.5) is 0 Å². The van der Waals surface area contributed by atoms with Crippen molar-refractivity contribution >= 4 is 5.97 Å². The third-order valence-electron chi connectivity index (χ3n) is 3.16. The summed E-state index contributed by atoms with van der Waals surface area (Å²) in [6, 6.07) is 12.1. The number of hydrogen-bond acceptors (Lipinski definition) is 4. The van der Waals surface area contributed by atoms with Crippen molar-refractivity contribution in [3.05, 3.63) is 64.7 Å². The fraction of sp³-hybridized carbons (Fsp3) is 0.316. The number of carbonyl (C=O) groups is 1. The summed E-state index contributed by atoms with van der Waals surface area (Å²) in [4.78, 5) is 11.1. The second-order valence-corrected chi connectivity index (χ2v) is 4.80. The van der Waals surface area contributed by atoms with Crippen LogP contribution >= 0.6 is 0 Å². The van der Waals surface area contributed by atoms with Crippen molar-refractivity contribution in [2.24, 2.45) is 0 Å².